The first-order chi connectivity index (χ1) is 16.0. The van der Waals surface area contributed by atoms with E-state index in [1.54, 1.807) is 19.2 Å². The predicted octanol–water partition coefficient (Wildman–Crippen LogP) is 4.73. The molecule has 0 radical (unpaired) electrons. The lowest BCUT2D eigenvalue weighted by Crippen LogP contribution is -2.49. The molecule has 3 aromatic rings. The topological polar surface area (TPSA) is 37.7 Å². The second-order valence-electron chi connectivity index (χ2n) is 8.55. The minimum absolute atomic E-state index is 0.0696. The number of hydrogen-bond acceptors (Lipinski definition) is 3. The first kappa shape index (κ1) is 23.6. The summed E-state index contributed by atoms with van der Waals surface area (Å²) in [4.78, 5) is 17.9. The maximum absolute atomic E-state index is 13.6. The zero-order valence-electron chi connectivity index (χ0n) is 19.3. The Bertz CT molecular complexity index is 1120. The molecule has 1 aliphatic rings. The maximum Gasteiger partial charge on any atom is 0.256 e. The number of rotatable bonds is 8. The molecule has 0 atom stereocenters. The minimum atomic E-state index is -0.194. The van der Waals surface area contributed by atoms with Crippen LogP contribution in [0.4, 0.5) is 4.39 Å². The van der Waals surface area contributed by atoms with Crippen molar-refractivity contribution in [3.05, 3.63) is 65.1 Å². The number of aromatic nitrogens is 1. The van der Waals surface area contributed by atoms with Gasteiger partial charge in [-0.1, -0.05) is 12.1 Å². The first-order valence-electron chi connectivity index (χ1n) is 11.5. The molecule has 0 unspecified atom stereocenters. The molecular formula is C26H31ClFN3O2. The number of benzene rings is 2. The highest BCUT2D eigenvalue weighted by Crippen LogP contribution is 2.31. The highest BCUT2D eigenvalue weighted by molar-refractivity contribution is 6.17. The van der Waals surface area contributed by atoms with Gasteiger partial charge in [-0.05, 0) is 55.7 Å². The number of methoxy groups -OCH3 is 1. The van der Waals surface area contributed by atoms with Gasteiger partial charge in [0.15, 0.2) is 0 Å². The molecule has 1 aromatic heterocycles. The summed E-state index contributed by atoms with van der Waals surface area (Å²) < 4.78 is 21.0. The van der Waals surface area contributed by atoms with E-state index in [4.69, 9.17) is 16.3 Å². The van der Waals surface area contributed by atoms with E-state index >= 15 is 0 Å². The van der Waals surface area contributed by atoms with Crippen LogP contribution in [0, 0.1) is 12.7 Å². The summed E-state index contributed by atoms with van der Waals surface area (Å²) in [6.07, 6.45) is 1.65. The molecule has 176 valence electrons. The van der Waals surface area contributed by atoms with Crippen molar-refractivity contribution in [2.75, 3.05) is 45.7 Å². The van der Waals surface area contributed by atoms with E-state index in [0.29, 0.717) is 19.0 Å². The Labute approximate surface area is 199 Å². The smallest absolute Gasteiger partial charge is 0.256 e. The fourth-order valence-electron chi connectivity index (χ4n) is 4.68. The van der Waals surface area contributed by atoms with Crippen LogP contribution in [0.2, 0.25) is 0 Å². The number of amides is 1. The van der Waals surface area contributed by atoms with Gasteiger partial charge in [-0.3, -0.25) is 9.69 Å². The molecule has 0 saturated carbocycles. The molecule has 33 heavy (non-hydrogen) atoms. The molecule has 1 aliphatic heterocycles. The normalized spacial score (nSPS) is 14.7. The Hall–Kier alpha value is -2.57. The lowest BCUT2D eigenvalue weighted by molar-refractivity contribution is 0.0639. The van der Waals surface area contributed by atoms with Gasteiger partial charge in [0.2, 0.25) is 0 Å². The van der Waals surface area contributed by atoms with E-state index in [1.807, 2.05) is 36.1 Å². The van der Waals surface area contributed by atoms with Gasteiger partial charge in [-0.2, -0.15) is 0 Å². The summed E-state index contributed by atoms with van der Waals surface area (Å²) in [7, 11) is 1.64. The Morgan fingerprint density at radius 1 is 1.09 bits per heavy atom. The summed E-state index contributed by atoms with van der Waals surface area (Å²) in [6, 6.07) is 12.7. The second-order valence-corrected chi connectivity index (χ2v) is 8.93. The van der Waals surface area contributed by atoms with Gasteiger partial charge in [0.05, 0.1) is 12.7 Å². The van der Waals surface area contributed by atoms with Crippen LogP contribution in [0.1, 0.15) is 28.0 Å². The molecule has 0 N–H and O–H groups in total. The summed E-state index contributed by atoms with van der Waals surface area (Å²) in [5.41, 5.74) is 3.77. The number of aryl methyl sites for hydroxylation is 1. The molecule has 1 fully saturated rings. The molecule has 2 heterocycles. The quantitative estimate of drug-likeness (QED) is 0.446. The molecular weight excluding hydrogens is 441 g/mol. The standard InChI is InChI=1S/C26H31ClFN3O2/c1-19-25(23-18-22(33-2)7-8-24(23)31(19)11-4-10-27)26(32)30-15-13-29(14-16-30)12-9-20-5-3-6-21(28)17-20/h3,5-8,17-18H,4,9-16H2,1-2H3. The van der Waals surface area contributed by atoms with E-state index in [1.165, 1.54) is 6.07 Å². The van der Waals surface area contributed by atoms with E-state index in [9.17, 15) is 9.18 Å². The van der Waals surface area contributed by atoms with Crippen LogP contribution in [0.5, 0.6) is 5.75 Å². The van der Waals surface area contributed by atoms with Crippen molar-refractivity contribution < 1.29 is 13.9 Å². The predicted molar refractivity (Wildman–Crippen MR) is 131 cm³/mol. The van der Waals surface area contributed by atoms with Gasteiger partial charge < -0.3 is 14.2 Å². The molecule has 1 saturated heterocycles. The van der Waals surface area contributed by atoms with Gasteiger partial charge in [0.1, 0.15) is 11.6 Å². The van der Waals surface area contributed by atoms with Crippen LogP contribution in [0.15, 0.2) is 42.5 Å². The SMILES string of the molecule is COc1ccc2c(c1)c(C(=O)N1CCN(CCc3cccc(F)c3)CC1)c(C)n2CCCCl. The highest BCUT2D eigenvalue weighted by atomic mass is 35.5. The molecule has 2 aromatic carbocycles. The Balaban J connectivity index is 1.48. The lowest BCUT2D eigenvalue weighted by atomic mass is 10.1. The zero-order chi connectivity index (χ0) is 23.4. The van der Waals surface area contributed by atoms with Crippen molar-refractivity contribution in [2.24, 2.45) is 0 Å². The molecule has 7 heteroatoms. The minimum Gasteiger partial charge on any atom is -0.497 e. The monoisotopic (exact) mass is 471 g/mol. The van der Waals surface area contributed by atoms with Crippen molar-refractivity contribution in [1.82, 2.24) is 14.4 Å². The van der Waals surface area contributed by atoms with Crippen molar-refractivity contribution in [2.45, 2.75) is 26.3 Å². The summed E-state index contributed by atoms with van der Waals surface area (Å²) in [6.45, 7) is 6.64. The van der Waals surface area contributed by atoms with Gasteiger partial charge in [-0.15, -0.1) is 11.6 Å². The number of alkyl halides is 1. The van der Waals surface area contributed by atoms with Crippen LogP contribution in [0.25, 0.3) is 10.9 Å². The molecule has 0 aliphatic carbocycles. The summed E-state index contributed by atoms with van der Waals surface area (Å²) in [5.74, 6) is 1.20. The Morgan fingerprint density at radius 3 is 2.58 bits per heavy atom. The zero-order valence-corrected chi connectivity index (χ0v) is 20.1. The summed E-state index contributed by atoms with van der Waals surface area (Å²) in [5, 5.41) is 0.931. The number of halogens is 2. The number of hydrogen-bond donors (Lipinski definition) is 0. The van der Waals surface area contributed by atoms with E-state index in [2.05, 4.69) is 9.47 Å². The average molecular weight is 472 g/mol. The van der Waals surface area contributed by atoms with E-state index < -0.39 is 0 Å². The van der Waals surface area contributed by atoms with Crippen LogP contribution >= 0.6 is 11.6 Å². The number of carbonyl (C=O) groups is 1. The fraction of sp³-hybridized carbons (Fsp3) is 0.423. The first-order valence-corrected chi connectivity index (χ1v) is 12.0. The highest BCUT2D eigenvalue weighted by Gasteiger charge is 2.27. The Kier molecular flexibility index (Phi) is 7.56. The number of nitrogens with zero attached hydrogens (tertiary/aromatic N) is 3. The number of ether oxygens (including phenoxy) is 1. The van der Waals surface area contributed by atoms with Crippen molar-refractivity contribution in [3.63, 3.8) is 0 Å². The molecule has 0 spiro atoms. The van der Waals surface area contributed by atoms with Crippen molar-refractivity contribution >= 4 is 28.4 Å². The van der Waals surface area contributed by atoms with E-state index in [-0.39, 0.29) is 11.7 Å². The molecule has 4 rings (SSSR count). The third-order valence-corrected chi connectivity index (χ3v) is 6.79. The van der Waals surface area contributed by atoms with Crippen molar-refractivity contribution in [3.8, 4) is 5.75 Å². The second kappa shape index (κ2) is 10.6. The third-order valence-electron chi connectivity index (χ3n) is 6.52. The maximum atomic E-state index is 13.6. The Morgan fingerprint density at radius 2 is 1.88 bits per heavy atom. The van der Waals surface area contributed by atoms with Gasteiger partial charge in [0, 0.05) is 61.7 Å². The average Bonchev–Trinajstić information content (AvgIpc) is 3.11. The van der Waals surface area contributed by atoms with Gasteiger partial charge >= 0.3 is 0 Å². The number of carbonyl (C=O) groups excluding carboxylic acids is 1. The third kappa shape index (κ3) is 5.17. The van der Waals surface area contributed by atoms with Crippen molar-refractivity contribution in [1.29, 1.82) is 0 Å². The van der Waals surface area contributed by atoms with Gasteiger partial charge in [-0.25, -0.2) is 4.39 Å². The lowest BCUT2D eigenvalue weighted by Gasteiger charge is -2.35. The van der Waals surface area contributed by atoms with Crippen LogP contribution in [0.3, 0.4) is 0 Å². The summed E-state index contributed by atoms with van der Waals surface area (Å²) >= 11 is 5.95. The molecule has 5 nitrogen and oxygen atoms in total. The van der Waals surface area contributed by atoms with E-state index in [0.717, 1.165) is 72.5 Å². The molecule has 1 amide bonds. The number of piperazine rings is 1. The molecule has 0 bridgehead atoms. The van der Waals surface area contributed by atoms with Crippen LogP contribution < -0.4 is 4.74 Å². The van der Waals surface area contributed by atoms with Crippen LogP contribution in [-0.4, -0.2) is 66.0 Å². The van der Waals surface area contributed by atoms with Gasteiger partial charge in [0.25, 0.3) is 5.91 Å². The number of fused-ring (bicyclic) bond motifs is 1. The fourth-order valence-corrected chi connectivity index (χ4v) is 4.80. The van der Waals surface area contributed by atoms with Crippen LogP contribution in [-0.2, 0) is 13.0 Å². The largest absolute Gasteiger partial charge is 0.497 e.